The zero-order valence-electron chi connectivity index (χ0n) is 16.2. The molecule has 0 fully saturated rings. The lowest BCUT2D eigenvalue weighted by Gasteiger charge is -2.08. The SMILES string of the molecule is CCn1c(-c2ccc3cccc(N=Cc4ccccc4)c3n2)nc2ccccc21. The normalized spacial score (nSPS) is 11.6. The summed E-state index contributed by atoms with van der Waals surface area (Å²) in [5, 5.41) is 1.07. The summed E-state index contributed by atoms with van der Waals surface area (Å²) in [4.78, 5) is 14.5. The minimum absolute atomic E-state index is 0.837. The van der Waals surface area contributed by atoms with Crippen LogP contribution in [0, 0.1) is 0 Å². The highest BCUT2D eigenvalue weighted by atomic mass is 15.1. The van der Waals surface area contributed by atoms with E-state index >= 15 is 0 Å². The fourth-order valence-electron chi connectivity index (χ4n) is 3.63. The number of benzene rings is 3. The Morgan fingerprint density at radius 2 is 1.66 bits per heavy atom. The molecule has 0 aliphatic carbocycles. The van der Waals surface area contributed by atoms with Crippen molar-refractivity contribution < 1.29 is 0 Å². The van der Waals surface area contributed by atoms with Gasteiger partial charge >= 0.3 is 0 Å². The zero-order chi connectivity index (χ0) is 19.6. The highest BCUT2D eigenvalue weighted by Gasteiger charge is 2.13. The molecule has 0 unspecified atom stereocenters. The van der Waals surface area contributed by atoms with E-state index in [9.17, 15) is 0 Å². The highest BCUT2D eigenvalue weighted by molar-refractivity contribution is 5.93. The van der Waals surface area contributed by atoms with Gasteiger partial charge < -0.3 is 4.57 Å². The van der Waals surface area contributed by atoms with Gasteiger partial charge in [0.15, 0.2) is 5.82 Å². The van der Waals surface area contributed by atoms with Crippen LogP contribution in [0.2, 0.25) is 0 Å². The summed E-state index contributed by atoms with van der Waals surface area (Å²) >= 11 is 0. The second-order valence-electron chi connectivity index (χ2n) is 6.88. The standard InChI is InChI=1S/C25H20N4/c1-2-29-23-14-7-6-12-20(23)28-25(29)22-16-15-19-11-8-13-21(24(19)27-22)26-17-18-9-4-3-5-10-18/h3-17H,2H2,1H3. The van der Waals surface area contributed by atoms with Crippen molar-refractivity contribution in [1.29, 1.82) is 0 Å². The van der Waals surface area contributed by atoms with Gasteiger partial charge in [-0.2, -0.15) is 0 Å². The lowest BCUT2D eigenvalue weighted by Crippen LogP contribution is -1.99. The molecule has 4 nitrogen and oxygen atoms in total. The molecule has 5 aromatic rings. The fraction of sp³-hybridized carbons (Fsp3) is 0.0800. The zero-order valence-corrected chi connectivity index (χ0v) is 16.2. The van der Waals surface area contributed by atoms with Crippen LogP contribution in [0.15, 0.2) is 89.9 Å². The average molecular weight is 376 g/mol. The summed E-state index contributed by atoms with van der Waals surface area (Å²) in [6, 6.07) is 28.5. The second-order valence-corrected chi connectivity index (χ2v) is 6.88. The summed E-state index contributed by atoms with van der Waals surface area (Å²) < 4.78 is 2.21. The van der Waals surface area contributed by atoms with Gasteiger partial charge in [0.1, 0.15) is 5.69 Å². The molecule has 0 aliphatic rings. The van der Waals surface area contributed by atoms with Crippen LogP contribution in [0.25, 0.3) is 33.5 Å². The lowest BCUT2D eigenvalue weighted by molar-refractivity contribution is 0.794. The van der Waals surface area contributed by atoms with Crippen LogP contribution in [-0.2, 0) is 6.54 Å². The molecule has 3 aromatic carbocycles. The van der Waals surface area contributed by atoms with Crippen molar-refractivity contribution in [2.24, 2.45) is 4.99 Å². The molecule has 0 bridgehead atoms. The first-order valence-electron chi connectivity index (χ1n) is 9.78. The Hall–Kier alpha value is -3.79. The first-order chi connectivity index (χ1) is 14.3. The van der Waals surface area contributed by atoms with E-state index in [0.717, 1.165) is 51.3 Å². The van der Waals surface area contributed by atoms with Crippen LogP contribution in [0.1, 0.15) is 12.5 Å². The number of aryl methyl sites for hydroxylation is 1. The Morgan fingerprint density at radius 3 is 2.52 bits per heavy atom. The van der Waals surface area contributed by atoms with Crippen molar-refractivity contribution in [3.8, 4) is 11.5 Å². The number of para-hydroxylation sites is 3. The second kappa shape index (κ2) is 7.32. The number of imidazole rings is 1. The number of pyridine rings is 1. The summed E-state index contributed by atoms with van der Waals surface area (Å²) in [6.45, 7) is 2.97. The molecule has 2 aromatic heterocycles. The summed E-state index contributed by atoms with van der Waals surface area (Å²) in [7, 11) is 0. The fourth-order valence-corrected chi connectivity index (χ4v) is 3.63. The molecule has 0 saturated carbocycles. The van der Waals surface area contributed by atoms with Crippen LogP contribution in [-0.4, -0.2) is 20.7 Å². The van der Waals surface area contributed by atoms with Gasteiger partial charge in [0.25, 0.3) is 0 Å². The van der Waals surface area contributed by atoms with Crippen molar-refractivity contribution in [3.05, 3.63) is 90.5 Å². The first kappa shape index (κ1) is 17.3. The minimum Gasteiger partial charge on any atom is -0.323 e. The van der Waals surface area contributed by atoms with E-state index in [4.69, 9.17) is 15.0 Å². The van der Waals surface area contributed by atoms with Gasteiger partial charge in [-0.25, -0.2) is 9.97 Å². The predicted octanol–water partition coefficient (Wildman–Crippen LogP) is 6.02. The number of hydrogen-bond acceptors (Lipinski definition) is 3. The van der Waals surface area contributed by atoms with E-state index in [1.807, 2.05) is 72.9 Å². The number of hydrogen-bond donors (Lipinski definition) is 0. The molecule has 0 N–H and O–H groups in total. The van der Waals surface area contributed by atoms with Crippen molar-refractivity contribution in [2.45, 2.75) is 13.5 Å². The van der Waals surface area contributed by atoms with Gasteiger partial charge in [-0.1, -0.05) is 60.7 Å². The molecule has 0 spiro atoms. The van der Waals surface area contributed by atoms with Gasteiger partial charge in [0.05, 0.1) is 22.2 Å². The van der Waals surface area contributed by atoms with Crippen LogP contribution in [0.3, 0.4) is 0 Å². The quantitative estimate of drug-likeness (QED) is 0.360. The maximum Gasteiger partial charge on any atom is 0.159 e. The third-order valence-corrected chi connectivity index (χ3v) is 5.05. The average Bonchev–Trinajstić information content (AvgIpc) is 3.16. The first-order valence-corrected chi connectivity index (χ1v) is 9.78. The van der Waals surface area contributed by atoms with E-state index in [1.165, 1.54) is 0 Å². The van der Waals surface area contributed by atoms with E-state index in [-0.39, 0.29) is 0 Å². The van der Waals surface area contributed by atoms with Gasteiger partial charge in [0.2, 0.25) is 0 Å². The molecular formula is C25H20N4. The lowest BCUT2D eigenvalue weighted by atomic mass is 10.1. The Bertz CT molecular complexity index is 1330. The Morgan fingerprint density at radius 1 is 0.828 bits per heavy atom. The maximum atomic E-state index is 4.96. The molecule has 5 rings (SSSR count). The molecule has 0 atom stereocenters. The largest absolute Gasteiger partial charge is 0.323 e. The van der Waals surface area contributed by atoms with Crippen molar-refractivity contribution in [1.82, 2.24) is 14.5 Å². The van der Waals surface area contributed by atoms with Gasteiger partial charge in [-0.3, -0.25) is 4.99 Å². The molecule has 140 valence electrons. The number of aromatic nitrogens is 3. The monoisotopic (exact) mass is 376 g/mol. The Labute approximate surface area is 169 Å². The van der Waals surface area contributed by atoms with Crippen molar-refractivity contribution in [2.75, 3.05) is 0 Å². The molecule has 29 heavy (non-hydrogen) atoms. The van der Waals surface area contributed by atoms with Crippen molar-refractivity contribution >= 4 is 33.8 Å². The van der Waals surface area contributed by atoms with E-state index in [2.05, 4.69) is 29.7 Å². The highest BCUT2D eigenvalue weighted by Crippen LogP contribution is 2.29. The van der Waals surface area contributed by atoms with E-state index in [0.29, 0.717) is 0 Å². The van der Waals surface area contributed by atoms with Crippen LogP contribution in [0.5, 0.6) is 0 Å². The third-order valence-electron chi connectivity index (χ3n) is 5.05. The number of fused-ring (bicyclic) bond motifs is 2. The van der Waals surface area contributed by atoms with Crippen molar-refractivity contribution in [3.63, 3.8) is 0 Å². The van der Waals surface area contributed by atoms with Crippen LogP contribution < -0.4 is 0 Å². The maximum absolute atomic E-state index is 4.96. The summed E-state index contributed by atoms with van der Waals surface area (Å²) in [5.74, 6) is 0.887. The minimum atomic E-state index is 0.837. The van der Waals surface area contributed by atoms with Gasteiger partial charge in [0, 0.05) is 18.1 Å². The van der Waals surface area contributed by atoms with Crippen LogP contribution in [0.4, 0.5) is 5.69 Å². The number of rotatable bonds is 4. The number of nitrogens with zero attached hydrogens (tertiary/aromatic N) is 4. The Kier molecular flexibility index (Phi) is 4.37. The summed E-state index contributed by atoms with van der Waals surface area (Å²) in [5.41, 5.74) is 5.77. The van der Waals surface area contributed by atoms with E-state index in [1.54, 1.807) is 0 Å². The molecule has 0 aliphatic heterocycles. The molecular weight excluding hydrogens is 356 g/mol. The predicted molar refractivity (Wildman–Crippen MR) is 120 cm³/mol. The smallest absolute Gasteiger partial charge is 0.159 e. The molecule has 4 heteroatoms. The van der Waals surface area contributed by atoms with Gasteiger partial charge in [-0.05, 0) is 36.8 Å². The summed E-state index contributed by atoms with van der Waals surface area (Å²) in [6.07, 6.45) is 1.88. The molecule has 0 amide bonds. The van der Waals surface area contributed by atoms with Crippen LogP contribution >= 0.6 is 0 Å². The third kappa shape index (κ3) is 3.19. The molecule has 0 radical (unpaired) electrons. The van der Waals surface area contributed by atoms with Gasteiger partial charge in [-0.15, -0.1) is 0 Å². The topological polar surface area (TPSA) is 43.1 Å². The Balaban J connectivity index is 1.65. The van der Waals surface area contributed by atoms with E-state index < -0.39 is 0 Å². The molecule has 2 heterocycles. The molecule has 0 saturated heterocycles. The number of aliphatic imine (C=N–C) groups is 1.